The number of aromatic nitrogens is 3. The molecule has 0 saturated heterocycles. The number of hydrogen-bond acceptors (Lipinski definition) is 4. The monoisotopic (exact) mass is 597 g/mol. The Labute approximate surface area is 254 Å². The zero-order valence-corrected chi connectivity index (χ0v) is 25.3. The summed E-state index contributed by atoms with van der Waals surface area (Å²) in [6.45, 7) is 7.69. The topological polar surface area (TPSA) is 80.8 Å². The highest BCUT2D eigenvalue weighted by Crippen LogP contribution is 2.61. The second-order valence-electron chi connectivity index (χ2n) is 11.8. The third-order valence-corrected chi connectivity index (χ3v) is 9.15. The van der Waals surface area contributed by atoms with E-state index in [1.54, 1.807) is 43.6 Å². The molecule has 1 aromatic carbocycles. The van der Waals surface area contributed by atoms with E-state index in [2.05, 4.69) is 22.3 Å². The van der Waals surface area contributed by atoms with E-state index in [4.69, 9.17) is 11.6 Å². The number of aliphatic imine (C=N–C) groups is 1. The normalized spacial score (nSPS) is 21.2. The molecule has 43 heavy (non-hydrogen) atoms. The van der Waals surface area contributed by atoms with Crippen LogP contribution in [-0.2, 0) is 4.79 Å². The standard InChI is InChI=1S/C34H33ClFN5O2/c1-5-15-37-25(22-9-8-10-26(31(22)36)39-33(43)34(4)13-14-34)12-17-40-20(2)18-23(30(35)32(40)42)28-21(3)29(28)24-19-38-41-16-7-6-11-27(24)41/h5-12,15-19,21,28-29H,13-14H2,1-4H3,(H,39,43)/b15-5+,17-12+,37-25-/t21-,28?,29?/m0/s1. The number of allylic oxidation sites excluding steroid dienone is 2. The van der Waals surface area contributed by atoms with Crippen molar-refractivity contribution in [2.24, 2.45) is 16.3 Å². The van der Waals surface area contributed by atoms with Crippen molar-refractivity contribution in [2.45, 2.75) is 52.4 Å². The fourth-order valence-corrected chi connectivity index (χ4v) is 6.09. The highest BCUT2D eigenvalue weighted by atomic mass is 35.5. The molecule has 1 N–H and O–H groups in total. The van der Waals surface area contributed by atoms with Gasteiger partial charge in [-0.2, -0.15) is 5.10 Å². The van der Waals surface area contributed by atoms with Crippen LogP contribution >= 0.6 is 11.6 Å². The first-order valence-electron chi connectivity index (χ1n) is 14.5. The molecule has 4 aromatic rings. The van der Waals surface area contributed by atoms with Crippen molar-refractivity contribution in [1.82, 2.24) is 14.2 Å². The number of anilines is 1. The molecule has 3 atom stereocenters. The predicted octanol–water partition coefficient (Wildman–Crippen LogP) is 7.35. The lowest BCUT2D eigenvalue weighted by Crippen LogP contribution is -2.22. The van der Waals surface area contributed by atoms with Crippen molar-refractivity contribution in [3.63, 3.8) is 0 Å². The first-order chi connectivity index (χ1) is 20.6. The van der Waals surface area contributed by atoms with E-state index in [9.17, 15) is 9.59 Å². The van der Waals surface area contributed by atoms with Gasteiger partial charge in [-0.1, -0.05) is 43.7 Å². The number of fused-ring (bicyclic) bond motifs is 1. The van der Waals surface area contributed by atoms with Gasteiger partial charge in [-0.25, -0.2) is 8.91 Å². The minimum Gasteiger partial charge on any atom is -0.323 e. The molecule has 2 aliphatic rings. The van der Waals surface area contributed by atoms with Crippen LogP contribution in [0.4, 0.5) is 10.1 Å². The number of hydrogen-bond donors (Lipinski definition) is 1. The van der Waals surface area contributed by atoms with Crippen molar-refractivity contribution < 1.29 is 9.18 Å². The Bertz CT molecular complexity index is 1900. The number of halogens is 2. The summed E-state index contributed by atoms with van der Waals surface area (Å²) in [7, 11) is 0. The first kappa shape index (κ1) is 28.8. The van der Waals surface area contributed by atoms with Gasteiger partial charge in [-0.3, -0.25) is 19.1 Å². The molecule has 2 fully saturated rings. The molecular weight excluding hydrogens is 565 g/mol. The van der Waals surface area contributed by atoms with E-state index in [0.717, 1.165) is 29.5 Å². The molecule has 3 aromatic heterocycles. The third-order valence-electron chi connectivity index (χ3n) is 8.77. The first-order valence-corrected chi connectivity index (χ1v) is 14.8. The average Bonchev–Trinajstić information content (AvgIpc) is 3.86. The maximum absolute atomic E-state index is 15.7. The Morgan fingerprint density at radius 3 is 2.70 bits per heavy atom. The number of rotatable bonds is 8. The van der Waals surface area contributed by atoms with E-state index in [0.29, 0.717) is 17.3 Å². The number of carbonyl (C=O) groups excluding carboxylic acids is 1. The van der Waals surface area contributed by atoms with Crippen LogP contribution in [0.25, 0.3) is 11.7 Å². The molecule has 0 spiro atoms. The summed E-state index contributed by atoms with van der Waals surface area (Å²) in [6, 6.07) is 12.7. The number of benzene rings is 1. The molecule has 2 unspecified atom stereocenters. The van der Waals surface area contributed by atoms with Crippen LogP contribution in [0.3, 0.4) is 0 Å². The third kappa shape index (κ3) is 5.25. The molecule has 7 nitrogen and oxygen atoms in total. The van der Waals surface area contributed by atoms with Crippen molar-refractivity contribution in [1.29, 1.82) is 0 Å². The largest absolute Gasteiger partial charge is 0.323 e. The summed E-state index contributed by atoms with van der Waals surface area (Å²) >= 11 is 6.74. The average molecular weight is 598 g/mol. The Morgan fingerprint density at radius 2 is 1.95 bits per heavy atom. The van der Waals surface area contributed by atoms with Gasteiger partial charge in [0.15, 0.2) is 5.82 Å². The number of pyridine rings is 2. The molecule has 0 radical (unpaired) electrons. The van der Waals surface area contributed by atoms with Gasteiger partial charge in [0.2, 0.25) is 5.91 Å². The van der Waals surface area contributed by atoms with Gasteiger partial charge in [0.05, 0.1) is 23.1 Å². The summed E-state index contributed by atoms with van der Waals surface area (Å²) in [5.74, 6) is -0.180. The second kappa shape index (κ2) is 11.1. The molecule has 6 rings (SSSR count). The molecule has 2 aliphatic carbocycles. The lowest BCUT2D eigenvalue weighted by Gasteiger charge is -2.13. The van der Waals surface area contributed by atoms with Crippen LogP contribution in [0.5, 0.6) is 0 Å². The zero-order valence-electron chi connectivity index (χ0n) is 24.5. The van der Waals surface area contributed by atoms with Crippen LogP contribution in [0, 0.1) is 24.1 Å². The summed E-state index contributed by atoms with van der Waals surface area (Å²) < 4.78 is 19.0. The Kier molecular flexibility index (Phi) is 7.42. The van der Waals surface area contributed by atoms with Gasteiger partial charge in [-0.15, -0.1) is 0 Å². The molecule has 220 valence electrons. The summed E-state index contributed by atoms with van der Waals surface area (Å²) in [5.41, 5.74) is 3.51. The Hall–Kier alpha value is -4.30. The van der Waals surface area contributed by atoms with E-state index in [1.165, 1.54) is 10.6 Å². The minimum atomic E-state index is -0.591. The smallest absolute Gasteiger partial charge is 0.273 e. The lowest BCUT2D eigenvalue weighted by molar-refractivity contribution is -0.120. The molecular formula is C34H33ClFN5O2. The summed E-state index contributed by atoms with van der Waals surface area (Å²) in [6.07, 6.45) is 11.8. The maximum Gasteiger partial charge on any atom is 0.273 e. The highest BCUT2D eigenvalue weighted by molar-refractivity contribution is 6.31. The van der Waals surface area contributed by atoms with E-state index >= 15 is 4.39 Å². The van der Waals surface area contributed by atoms with Crippen LogP contribution in [0.1, 0.15) is 67.8 Å². The van der Waals surface area contributed by atoms with Gasteiger partial charge in [0, 0.05) is 40.8 Å². The van der Waals surface area contributed by atoms with Crippen LogP contribution in [0.2, 0.25) is 5.02 Å². The Balaban J connectivity index is 1.30. The van der Waals surface area contributed by atoms with Crippen molar-refractivity contribution in [3.8, 4) is 0 Å². The van der Waals surface area contributed by atoms with Gasteiger partial charge in [0.25, 0.3) is 5.56 Å². The number of amides is 1. The van der Waals surface area contributed by atoms with Crippen LogP contribution in [0.15, 0.2) is 83.0 Å². The molecule has 3 heterocycles. The van der Waals surface area contributed by atoms with Crippen molar-refractivity contribution >= 4 is 40.6 Å². The van der Waals surface area contributed by atoms with Gasteiger partial charge < -0.3 is 5.32 Å². The molecule has 0 bridgehead atoms. The van der Waals surface area contributed by atoms with E-state index in [1.807, 2.05) is 55.0 Å². The van der Waals surface area contributed by atoms with E-state index in [-0.39, 0.29) is 39.6 Å². The number of nitrogens with zero attached hydrogens (tertiary/aromatic N) is 4. The van der Waals surface area contributed by atoms with Crippen LogP contribution in [-0.4, -0.2) is 25.8 Å². The number of aryl methyl sites for hydroxylation is 1. The lowest BCUT2D eigenvalue weighted by atomic mass is 10.1. The fourth-order valence-electron chi connectivity index (χ4n) is 5.82. The Morgan fingerprint density at radius 1 is 1.19 bits per heavy atom. The molecule has 0 aliphatic heterocycles. The number of nitrogens with one attached hydrogen (secondary N) is 1. The predicted molar refractivity (Wildman–Crippen MR) is 169 cm³/mol. The molecule has 9 heteroatoms. The second-order valence-corrected chi connectivity index (χ2v) is 12.1. The molecule has 1 amide bonds. The highest BCUT2D eigenvalue weighted by Gasteiger charge is 2.51. The van der Waals surface area contributed by atoms with Gasteiger partial charge >= 0.3 is 0 Å². The summed E-state index contributed by atoms with van der Waals surface area (Å²) in [4.78, 5) is 30.5. The van der Waals surface area contributed by atoms with Crippen molar-refractivity contribution in [3.05, 3.63) is 117 Å². The number of carbonyl (C=O) groups is 1. The summed E-state index contributed by atoms with van der Waals surface area (Å²) in [5, 5.41) is 7.38. The van der Waals surface area contributed by atoms with Gasteiger partial charge in [0.1, 0.15) is 5.02 Å². The van der Waals surface area contributed by atoms with Crippen molar-refractivity contribution in [2.75, 3.05) is 5.32 Å². The van der Waals surface area contributed by atoms with Crippen LogP contribution < -0.4 is 10.9 Å². The minimum absolute atomic E-state index is 0.0947. The zero-order chi connectivity index (χ0) is 30.5. The maximum atomic E-state index is 15.7. The molecule has 2 saturated carbocycles. The quantitative estimate of drug-likeness (QED) is 0.216. The SMILES string of the molecule is C/C=C/N=C(/C=C/n1c(C)cc(C2C(c3cnn4ccccc34)[C@H]2C)c(Cl)c1=O)c1cccc(NC(=O)C2(C)CC2)c1F. The van der Waals surface area contributed by atoms with E-state index < -0.39 is 11.2 Å². The van der Waals surface area contributed by atoms with Gasteiger partial charge in [-0.05, 0) is 86.4 Å². The fraction of sp³-hybridized carbons (Fsp3) is 0.294.